The Kier molecular flexibility index (Phi) is 3.32. The van der Waals surface area contributed by atoms with E-state index < -0.39 is 5.54 Å². The Morgan fingerprint density at radius 3 is 2.78 bits per heavy atom. The molecule has 23 heavy (non-hydrogen) atoms. The lowest BCUT2D eigenvalue weighted by molar-refractivity contribution is -0.124. The van der Waals surface area contributed by atoms with Gasteiger partial charge in [0.1, 0.15) is 6.33 Å². The number of carbonyl (C=O) groups is 1. The summed E-state index contributed by atoms with van der Waals surface area (Å²) in [6.07, 6.45) is 1.51. The van der Waals surface area contributed by atoms with Crippen molar-refractivity contribution in [1.29, 1.82) is 0 Å². The van der Waals surface area contributed by atoms with Crippen molar-refractivity contribution in [3.63, 3.8) is 0 Å². The molecule has 6 heteroatoms. The van der Waals surface area contributed by atoms with Gasteiger partial charge >= 0.3 is 0 Å². The van der Waals surface area contributed by atoms with Crippen LogP contribution in [0.1, 0.15) is 19.5 Å². The average molecular weight is 331 g/mol. The number of nitrogens with zero attached hydrogens (tertiary/aromatic N) is 2. The summed E-state index contributed by atoms with van der Waals surface area (Å²) in [6.45, 7) is 5.86. The van der Waals surface area contributed by atoms with Gasteiger partial charge in [0, 0.05) is 11.3 Å². The Balaban J connectivity index is 1.63. The fourth-order valence-electron chi connectivity index (χ4n) is 3.81. The van der Waals surface area contributed by atoms with E-state index in [1.807, 2.05) is 32.0 Å². The number of para-hydroxylation sites is 1. The molecule has 2 aromatic rings. The highest BCUT2D eigenvalue weighted by Gasteiger charge is 2.57. The summed E-state index contributed by atoms with van der Waals surface area (Å²) >= 11 is 6.23. The Bertz CT molecular complexity index is 781. The van der Waals surface area contributed by atoms with Gasteiger partial charge in [-0.3, -0.25) is 4.79 Å². The molecule has 4 rings (SSSR count). The second kappa shape index (κ2) is 5.14. The molecule has 0 bridgehead atoms. The lowest BCUT2D eigenvalue weighted by atomic mass is 9.95. The number of fused-ring (bicyclic) bond motifs is 2. The van der Waals surface area contributed by atoms with Crippen LogP contribution in [0, 0.1) is 17.8 Å². The fourth-order valence-corrected chi connectivity index (χ4v) is 4.03. The SMILES string of the molecule is CC(C)(NC(=O)C1C2CNCC21)c1ncnc2c(Cl)cccc12. The Hall–Kier alpha value is -1.72. The zero-order valence-electron chi connectivity index (χ0n) is 13.1. The number of amides is 1. The minimum Gasteiger partial charge on any atom is -0.345 e. The minimum atomic E-state index is -0.576. The van der Waals surface area contributed by atoms with Crippen LogP contribution in [0.25, 0.3) is 10.9 Å². The van der Waals surface area contributed by atoms with Gasteiger partial charge in [-0.05, 0) is 44.8 Å². The summed E-state index contributed by atoms with van der Waals surface area (Å²) in [5.41, 5.74) is 0.934. The highest BCUT2D eigenvalue weighted by atomic mass is 35.5. The van der Waals surface area contributed by atoms with Crippen LogP contribution in [0.15, 0.2) is 24.5 Å². The first-order chi connectivity index (χ1) is 11.0. The Morgan fingerprint density at radius 1 is 1.30 bits per heavy atom. The summed E-state index contributed by atoms with van der Waals surface area (Å²) in [5, 5.41) is 7.96. The third-order valence-corrected chi connectivity index (χ3v) is 5.34. The molecule has 1 aliphatic heterocycles. The average Bonchev–Trinajstić information content (AvgIpc) is 3.00. The molecule has 1 saturated carbocycles. The molecule has 0 spiro atoms. The van der Waals surface area contributed by atoms with E-state index in [9.17, 15) is 4.79 Å². The van der Waals surface area contributed by atoms with Crippen LogP contribution >= 0.6 is 11.6 Å². The summed E-state index contributed by atoms with van der Waals surface area (Å²) in [6, 6.07) is 5.64. The largest absolute Gasteiger partial charge is 0.345 e. The second-order valence-electron chi connectivity index (χ2n) is 6.98. The molecule has 1 aliphatic carbocycles. The smallest absolute Gasteiger partial charge is 0.224 e. The maximum absolute atomic E-state index is 12.6. The van der Waals surface area contributed by atoms with Gasteiger partial charge < -0.3 is 10.6 Å². The molecule has 2 atom stereocenters. The first-order valence-electron chi connectivity index (χ1n) is 7.91. The van der Waals surface area contributed by atoms with Crippen LogP contribution in [-0.4, -0.2) is 29.0 Å². The van der Waals surface area contributed by atoms with E-state index in [-0.39, 0.29) is 11.8 Å². The maximum Gasteiger partial charge on any atom is 0.224 e. The zero-order chi connectivity index (χ0) is 16.2. The monoisotopic (exact) mass is 330 g/mol. The van der Waals surface area contributed by atoms with Crippen molar-refractivity contribution in [2.24, 2.45) is 17.8 Å². The van der Waals surface area contributed by atoms with Gasteiger partial charge in [-0.25, -0.2) is 9.97 Å². The number of hydrogen-bond acceptors (Lipinski definition) is 4. The quantitative estimate of drug-likeness (QED) is 0.904. The van der Waals surface area contributed by atoms with Gasteiger partial charge in [-0.15, -0.1) is 0 Å². The molecule has 2 aliphatic rings. The van der Waals surface area contributed by atoms with Crippen molar-refractivity contribution in [3.05, 3.63) is 35.2 Å². The number of benzene rings is 1. The molecule has 2 heterocycles. The van der Waals surface area contributed by atoms with E-state index in [0.29, 0.717) is 22.4 Å². The number of hydrogen-bond donors (Lipinski definition) is 2. The molecular weight excluding hydrogens is 312 g/mol. The standard InChI is InChI=1S/C17H19ClN4O/c1-17(2,22-16(23)13-10-6-19-7-11(10)13)15-9-4-3-5-12(18)14(9)20-8-21-15/h3-5,8,10-11,13,19H,6-7H2,1-2H3,(H,22,23). The van der Waals surface area contributed by atoms with Crippen LogP contribution in [0.5, 0.6) is 0 Å². The fraction of sp³-hybridized carbons (Fsp3) is 0.471. The van der Waals surface area contributed by atoms with Crippen LogP contribution < -0.4 is 10.6 Å². The number of piperidine rings is 1. The van der Waals surface area contributed by atoms with E-state index in [1.165, 1.54) is 6.33 Å². The molecule has 1 saturated heterocycles. The van der Waals surface area contributed by atoms with Gasteiger partial charge in [-0.2, -0.15) is 0 Å². The van der Waals surface area contributed by atoms with Crippen molar-refractivity contribution in [2.75, 3.05) is 13.1 Å². The predicted octanol–water partition coefficient (Wildman–Crippen LogP) is 2.10. The van der Waals surface area contributed by atoms with Crippen molar-refractivity contribution in [2.45, 2.75) is 19.4 Å². The number of rotatable bonds is 3. The van der Waals surface area contributed by atoms with Crippen LogP contribution in [0.3, 0.4) is 0 Å². The molecule has 1 aromatic heterocycles. The van der Waals surface area contributed by atoms with E-state index >= 15 is 0 Å². The molecule has 0 radical (unpaired) electrons. The van der Waals surface area contributed by atoms with E-state index in [1.54, 1.807) is 0 Å². The number of aromatic nitrogens is 2. The molecular formula is C17H19ClN4O. The van der Waals surface area contributed by atoms with E-state index in [2.05, 4.69) is 20.6 Å². The van der Waals surface area contributed by atoms with E-state index in [0.717, 1.165) is 24.2 Å². The summed E-state index contributed by atoms with van der Waals surface area (Å²) in [4.78, 5) is 21.3. The van der Waals surface area contributed by atoms with Crippen LogP contribution in [0.2, 0.25) is 5.02 Å². The number of carbonyl (C=O) groups excluding carboxylic acids is 1. The van der Waals surface area contributed by atoms with Crippen molar-refractivity contribution in [1.82, 2.24) is 20.6 Å². The normalized spacial score (nSPS) is 26.1. The maximum atomic E-state index is 12.6. The van der Waals surface area contributed by atoms with Crippen LogP contribution in [-0.2, 0) is 10.3 Å². The molecule has 5 nitrogen and oxygen atoms in total. The van der Waals surface area contributed by atoms with Gasteiger partial charge in [0.2, 0.25) is 5.91 Å². The van der Waals surface area contributed by atoms with Gasteiger partial charge in [0.25, 0.3) is 0 Å². The summed E-state index contributed by atoms with van der Waals surface area (Å²) in [7, 11) is 0. The Morgan fingerprint density at radius 2 is 2.04 bits per heavy atom. The summed E-state index contributed by atoms with van der Waals surface area (Å²) in [5.74, 6) is 1.28. The molecule has 2 unspecified atom stereocenters. The zero-order valence-corrected chi connectivity index (χ0v) is 13.9. The highest BCUT2D eigenvalue weighted by molar-refractivity contribution is 6.35. The summed E-state index contributed by atoms with van der Waals surface area (Å²) < 4.78 is 0. The molecule has 2 fully saturated rings. The minimum absolute atomic E-state index is 0.125. The predicted molar refractivity (Wildman–Crippen MR) is 89.1 cm³/mol. The van der Waals surface area contributed by atoms with Crippen molar-refractivity contribution >= 4 is 28.4 Å². The third kappa shape index (κ3) is 2.39. The van der Waals surface area contributed by atoms with Gasteiger partial charge in [-0.1, -0.05) is 23.7 Å². The van der Waals surface area contributed by atoms with Gasteiger partial charge in [0.05, 0.1) is 21.8 Å². The first-order valence-corrected chi connectivity index (χ1v) is 8.29. The number of halogens is 1. The van der Waals surface area contributed by atoms with Gasteiger partial charge in [0.15, 0.2) is 0 Å². The van der Waals surface area contributed by atoms with Crippen molar-refractivity contribution in [3.8, 4) is 0 Å². The third-order valence-electron chi connectivity index (χ3n) is 5.04. The topological polar surface area (TPSA) is 66.9 Å². The Labute approximate surface area is 139 Å². The lowest BCUT2D eigenvalue weighted by Gasteiger charge is -2.27. The second-order valence-corrected chi connectivity index (χ2v) is 7.39. The number of nitrogens with one attached hydrogen (secondary N) is 2. The lowest BCUT2D eigenvalue weighted by Crippen LogP contribution is -2.43. The van der Waals surface area contributed by atoms with Crippen LogP contribution in [0.4, 0.5) is 0 Å². The molecule has 1 amide bonds. The van der Waals surface area contributed by atoms with E-state index in [4.69, 9.17) is 11.6 Å². The van der Waals surface area contributed by atoms with Crippen molar-refractivity contribution < 1.29 is 4.79 Å². The molecule has 1 aromatic carbocycles. The highest BCUT2D eigenvalue weighted by Crippen LogP contribution is 2.49. The molecule has 120 valence electrons. The molecule has 2 N–H and O–H groups in total. The first kappa shape index (κ1) is 14.8.